The first-order chi connectivity index (χ1) is 18.3. The molecule has 0 aliphatic carbocycles. The van der Waals surface area contributed by atoms with Crippen LogP contribution >= 0.6 is 0 Å². The molecule has 7 heteroatoms. The average Bonchev–Trinajstić information content (AvgIpc) is 2.88. The van der Waals surface area contributed by atoms with E-state index in [0.29, 0.717) is 0 Å². The first kappa shape index (κ1) is 42.8. The predicted molar refractivity (Wildman–Crippen MR) is 163 cm³/mol. The van der Waals surface area contributed by atoms with Crippen molar-refractivity contribution in [2.24, 2.45) is 11.5 Å². The predicted octanol–water partition coefficient (Wildman–Crippen LogP) is 8.98. The number of nitrogens with two attached hydrogens (primary N) is 2. The minimum absolute atomic E-state index is 0. The van der Waals surface area contributed by atoms with Crippen molar-refractivity contribution in [2.45, 2.75) is 193 Å². The molecule has 0 bridgehead atoms. The molecule has 0 aromatic rings. The molecule has 0 heterocycles. The Morgan fingerprint density at radius 2 is 0.692 bits per heavy atom. The van der Waals surface area contributed by atoms with Crippen molar-refractivity contribution in [1.82, 2.24) is 0 Å². The van der Waals surface area contributed by atoms with Gasteiger partial charge in [-0.05, 0) is 38.5 Å². The Labute approximate surface area is 252 Å². The summed E-state index contributed by atoms with van der Waals surface area (Å²) in [6.45, 7) is 4.50. The Balaban J connectivity index is -0.000000648. The summed E-state index contributed by atoms with van der Waals surface area (Å²) in [5.41, 5.74) is 12.0. The summed E-state index contributed by atoms with van der Waals surface area (Å²) in [6, 6.07) is 0.544. The van der Waals surface area contributed by atoms with E-state index in [2.05, 4.69) is 13.8 Å². The maximum Gasteiger partial charge on any atom is 0.303 e. The molecule has 0 amide bonds. The summed E-state index contributed by atoms with van der Waals surface area (Å²) in [6.07, 6.45) is 29.6. The van der Waals surface area contributed by atoms with E-state index in [0.717, 1.165) is 51.4 Å². The number of carbonyl (C=O) groups is 2. The number of unbranched alkanes of at least 4 members (excludes halogenated alkanes) is 16. The normalized spacial score (nSPS) is 12.2. The molecule has 0 rings (SSSR count). The Kier molecular flexibility index (Phi) is 38.9. The number of carboxylic acids is 2. The van der Waals surface area contributed by atoms with Crippen LogP contribution in [0.15, 0.2) is 0 Å². The summed E-state index contributed by atoms with van der Waals surface area (Å²) >= 11 is 0. The summed E-state index contributed by atoms with van der Waals surface area (Å²) in [5, 5.41) is 17.1. The molecule has 239 valence electrons. The number of rotatable bonds is 28. The van der Waals surface area contributed by atoms with Gasteiger partial charge in [0.25, 0.3) is 0 Å². The van der Waals surface area contributed by atoms with Crippen LogP contribution in [-0.2, 0) is 26.7 Å². The van der Waals surface area contributed by atoms with Crippen molar-refractivity contribution >= 4 is 11.9 Å². The van der Waals surface area contributed by atoms with Crippen molar-refractivity contribution in [2.75, 3.05) is 0 Å². The van der Waals surface area contributed by atoms with Crippen LogP contribution in [0, 0.1) is 0 Å². The molecule has 0 aliphatic rings. The van der Waals surface area contributed by atoms with Crippen LogP contribution in [0.1, 0.15) is 181 Å². The zero-order valence-electron chi connectivity index (χ0n) is 25.7. The van der Waals surface area contributed by atoms with E-state index in [1.165, 1.54) is 103 Å². The van der Waals surface area contributed by atoms with Crippen LogP contribution in [0.5, 0.6) is 0 Å². The third kappa shape index (κ3) is 42.0. The van der Waals surface area contributed by atoms with Gasteiger partial charge in [-0.1, -0.05) is 129 Å². The fraction of sp³-hybridized carbons (Fsp3) is 0.938. The van der Waals surface area contributed by atoms with Gasteiger partial charge in [0.2, 0.25) is 0 Å². The molecule has 0 spiro atoms. The maximum absolute atomic E-state index is 10.4. The van der Waals surface area contributed by atoms with Crippen molar-refractivity contribution in [3.8, 4) is 0 Å². The Morgan fingerprint density at radius 1 is 0.462 bits per heavy atom. The van der Waals surface area contributed by atoms with Crippen LogP contribution in [0.3, 0.4) is 0 Å². The van der Waals surface area contributed by atoms with Crippen molar-refractivity contribution in [3.63, 3.8) is 0 Å². The van der Waals surface area contributed by atoms with E-state index in [1.807, 2.05) is 0 Å². The third-order valence-corrected chi connectivity index (χ3v) is 7.29. The van der Waals surface area contributed by atoms with Crippen molar-refractivity contribution in [1.29, 1.82) is 0 Å². The zero-order valence-corrected chi connectivity index (χ0v) is 26.6. The first-order valence-corrected chi connectivity index (χ1v) is 16.3. The Hall–Kier alpha value is -0.621. The van der Waals surface area contributed by atoms with Crippen LogP contribution in [0.25, 0.3) is 0 Å². The molecule has 6 nitrogen and oxygen atoms in total. The fourth-order valence-corrected chi connectivity index (χ4v) is 4.73. The summed E-state index contributed by atoms with van der Waals surface area (Å²) in [7, 11) is 0. The SMILES string of the molecule is CCCCCCCCCCC(N)CCCCC(=O)O.CCCCCCCCCCC(N)CCCCC(=O)O.[Cu]. The van der Waals surface area contributed by atoms with E-state index in [9.17, 15) is 9.59 Å². The third-order valence-electron chi connectivity index (χ3n) is 7.29. The summed E-state index contributed by atoms with van der Waals surface area (Å²) in [5.74, 6) is -1.40. The van der Waals surface area contributed by atoms with Gasteiger partial charge in [-0.15, -0.1) is 0 Å². The second-order valence-corrected chi connectivity index (χ2v) is 11.3. The second-order valence-electron chi connectivity index (χ2n) is 11.3. The molecule has 0 saturated carbocycles. The molecule has 39 heavy (non-hydrogen) atoms. The molecule has 1 radical (unpaired) electrons. The van der Waals surface area contributed by atoms with Crippen molar-refractivity contribution < 1.29 is 36.9 Å². The average molecular weight is 606 g/mol. The van der Waals surface area contributed by atoms with E-state index < -0.39 is 11.9 Å². The summed E-state index contributed by atoms with van der Waals surface area (Å²) in [4.78, 5) is 20.7. The summed E-state index contributed by atoms with van der Waals surface area (Å²) < 4.78 is 0. The molecule has 0 aromatic carbocycles. The molecular weight excluding hydrogens is 540 g/mol. The van der Waals surface area contributed by atoms with Crippen LogP contribution in [0.4, 0.5) is 0 Å². The van der Waals surface area contributed by atoms with E-state index in [4.69, 9.17) is 21.7 Å². The largest absolute Gasteiger partial charge is 0.481 e. The van der Waals surface area contributed by atoms with Crippen molar-refractivity contribution in [3.05, 3.63) is 0 Å². The van der Waals surface area contributed by atoms with Crippen LogP contribution in [0.2, 0.25) is 0 Å². The van der Waals surface area contributed by atoms with Gasteiger partial charge < -0.3 is 21.7 Å². The van der Waals surface area contributed by atoms with Crippen LogP contribution < -0.4 is 11.5 Å². The van der Waals surface area contributed by atoms with Gasteiger partial charge in [-0.3, -0.25) is 9.59 Å². The minimum atomic E-state index is -0.698. The van der Waals surface area contributed by atoms with Gasteiger partial charge in [0.05, 0.1) is 0 Å². The molecular formula is C32H66CuN2O4. The molecule has 0 aliphatic heterocycles. The Bertz CT molecular complexity index is 465. The minimum Gasteiger partial charge on any atom is -0.481 e. The number of aliphatic carboxylic acids is 2. The molecule has 0 fully saturated rings. The molecule has 2 unspecified atom stereocenters. The number of hydrogen-bond acceptors (Lipinski definition) is 4. The van der Waals surface area contributed by atoms with E-state index in [-0.39, 0.29) is 42.0 Å². The van der Waals surface area contributed by atoms with Gasteiger partial charge in [0.15, 0.2) is 0 Å². The molecule has 6 N–H and O–H groups in total. The smallest absolute Gasteiger partial charge is 0.303 e. The quantitative estimate of drug-likeness (QED) is 0.0520. The molecule has 0 saturated heterocycles. The topological polar surface area (TPSA) is 127 Å². The monoisotopic (exact) mass is 605 g/mol. The zero-order chi connectivity index (χ0) is 28.7. The maximum atomic E-state index is 10.4. The van der Waals surface area contributed by atoms with Crippen LogP contribution in [-0.4, -0.2) is 34.2 Å². The first-order valence-electron chi connectivity index (χ1n) is 16.3. The second kappa shape index (κ2) is 35.4. The fourth-order valence-electron chi connectivity index (χ4n) is 4.73. The van der Waals surface area contributed by atoms with Gasteiger partial charge >= 0.3 is 11.9 Å². The van der Waals surface area contributed by atoms with Gasteiger partial charge in [-0.25, -0.2) is 0 Å². The van der Waals surface area contributed by atoms with E-state index in [1.54, 1.807) is 0 Å². The van der Waals surface area contributed by atoms with Gasteiger partial charge in [0, 0.05) is 42.0 Å². The standard InChI is InChI=1S/2C16H33NO2.Cu/c2*1-2-3-4-5-6-7-8-9-12-15(17)13-10-11-14-16(18)19;/h2*15H,2-14,17H2,1H3,(H,18,19);. The Morgan fingerprint density at radius 3 is 0.949 bits per heavy atom. The molecule has 2 atom stereocenters. The van der Waals surface area contributed by atoms with E-state index >= 15 is 0 Å². The molecule has 0 aromatic heterocycles. The van der Waals surface area contributed by atoms with Gasteiger partial charge in [0.1, 0.15) is 0 Å². The van der Waals surface area contributed by atoms with Gasteiger partial charge in [-0.2, -0.15) is 0 Å². The number of carboxylic acid groups (broad SMARTS) is 2. The number of hydrogen-bond donors (Lipinski definition) is 4.